The maximum absolute atomic E-state index is 13.8. The van der Waals surface area contributed by atoms with Crippen molar-refractivity contribution >= 4 is 16.9 Å². The maximum atomic E-state index is 13.8. The molecule has 2 aromatic carbocycles. The second kappa shape index (κ2) is 6.15. The Hall–Kier alpha value is -2.76. The van der Waals surface area contributed by atoms with Crippen LogP contribution in [0.1, 0.15) is 36.2 Å². The summed E-state index contributed by atoms with van der Waals surface area (Å²) < 4.78 is 29.1. The first-order valence-electron chi connectivity index (χ1n) is 9.28. The van der Waals surface area contributed by atoms with Crippen LogP contribution in [-0.4, -0.2) is 33.4 Å². The number of halogens is 2. The van der Waals surface area contributed by atoms with Crippen LogP contribution < -0.4 is 0 Å². The molecule has 2 heterocycles. The molecule has 1 aliphatic heterocycles. The Balaban J connectivity index is 1.33. The highest BCUT2D eigenvalue weighted by atomic mass is 19.1. The fourth-order valence-electron chi connectivity index (χ4n) is 3.84. The summed E-state index contributed by atoms with van der Waals surface area (Å²) >= 11 is 0. The minimum atomic E-state index is -0.669. The molecule has 2 aliphatic rings. The van der Waals surface area contributed by atoms with Crippen LogP contribution in [0.4, 0.5) is 8.78 Å². The van der Waals surface area contributed by atoms with E-state index in [-0.39, 0.29) is 23.9 Å². The number of aromatic nitrogens is 2. The van der Waals surface area contributed by atoms with Crippen LogP contribution in [0, 0.1) is 11.6 Å². The molecule has 0 spiro atoms. The monoisotopic (exact) mass is 367 g/mol. The smallest absolute Gasteiger partial charge is 0.227 e. The molecule has 6 heteroatoms. The Kier molecular flexibility index (Phi) is 3.74. The quantitative estimate of drug-likeness (QED) is 0.703. The van der Waals surface area contributed by atoms with E-state index in [4.69, 9.17) is 4.98 Å². The van der Waals surface area contributed by atoms with Gasteiger partial charge in [0.15, 0.2) is 0 Å². The highest BCUT2D eigenvalue weighted by Crippen LogP contribution is 2.42. The van der Waals surface area contributed by atoms with Crippen LogP contribution in [-0.2, 0) is 11.2 Å². The molecule has 3 aromatic rings. The molecule has 1 saturated carbocycles. The van der Waals surface area contributed by atoms with Crippen LogP contribution in [0.3, 0.4) is 0 Å². The van der Waals surface area contributed by atoms with Crippen molar-refractivity contribution in [1.82, 2.24) is 14.5 Å². The van der Waals surface area contributed by atoms with Crippen molar-refractivity contribution < 1.29 is 13.6 Å². The van der Waals surface area contributed by atoms with Crippen molar-refractivity contribution in [3.63, 3.8) is 0 Å². The molecule has 0 N–H and O–H groups in total. The Bertz CT molecular complexity index is 1040. The van der Waals surface area contributed by atoms with Gasteiger partial charge in [-0.1, -0.05) is 18.2 Å². The number of para-hydroxylation sites is 2. The van der Waals surface area contributed by atoms with Crippen molar-refractivity contribution in [2.45, 2.75) is 31.2 Å². The van der Waals surface area contributed by atoms with E-state index in [1.54, 1.807) is 4.90 Å². The molecular weight excluding hydrogens is 348 g/mol. The van der Waals surface area contributed by atoms with Gasteiger partial charge in [-0.25, -0.2) is 13.8 Å². The van der Waals surface area contributed by atoms with Crippen molar-refractivity contribution in [2.75, 3.05) is 13.1 Å². The summed E-state index contributed by atoms with van der Waals surface area (Å²) in [6.07, 6.45) is 2.30. The number of nitrogens with zero attached hydrogens (tertiary/aromatic N) is 3. The summed E-state index contributed by atoms with van der Waals surface area (Å²) in [6.45, 7) is 1.20. The van der Waals surface area contributed by atoms with Crippen LogP contribution in [0.2, 0.25) is 0 Å². The van der Waals surface area contributed by atoms with E-state index >= 15 is 0 Å². The fourth-order valence-corrected chi connectivity index (χ4v) is 3.84. The number of hydrogen-bond acceptors (Lipinski definition) is 2. The van der Waals surface area contributed by atoms with Gasteiger partial charge in [0.2, 0.25) is 5.91 Å². The molecule has 0 radical (unpaired) electrons. The van der Waals surface area contributed by atoms with E-state index in [0.717, 1.165) is 22.9 Å². The van der Waals surface area contributed by atoms with Gasteiger partial charge in [-0.05, 0) is 36.6 Å². The van der Waals surface area contributed by atoms with Crippen molar-refractivity contribution in [1.29, 1.82) is 0 Å². The molecule has 1 aliphatic carbocycles. The first kappa shape index (κ1) is 16.4. The Morgan fingerprint density at radius 3 is 2.63 bits per heavy atom. The van der Waals surface area contributed by atoms with Gasteiger partial charge in [-0.15, -0.1) is 0 Å². The first-order valence-corrected chi connectivity index (χ1v) is 9.28. The van der Waals surface area contributed by atoms with Crippen molar-refractivity contribution in [2.24, 2.45) is 0 Å². The van der Waals surface area contributed by atoms with Crippen molar-refractivity contribution in [3.8, 4) is 0 Å². The van der Waals surface area contributed by atoms with Gasteiger partial charge in [0, 0.05) is 25.1 Å². The molecule has 1 saturated heterocycles. The minimum absolute atomic E-state index is 0.0427. The van der Waals surface area contributed by atoms with E-state index in [0.29, 0.717) is 19.0 Å². The maximum Gasteiger partial charge on any atom is 0.227 e. The number of rotatable bonds is 4. The van der Waals surface area contributed by atoms with Gasteiger partial charge in [-0.3, -0.25) is 4.79 Å². The molecule has 1 aromatic heterocycles. The van der Waals surface area contributed by atoms with Crippen LogP contribution in [0.15, 0.2) is 42.5 Å². The molecule has 0 bridgehead atoms. The molecule has 4 nitrogen and oxygen atoms in total. The van der Waals surface area contributed by atoms with Gasteiger partial charge < -0.3 is 9.47 Å². The summed E-state index contributed by atoms with van der Waals surface area (Å²) in [7, 11) is 0. The fraction of sp³-hybridized carbons (Fsp3) is 0.333. The lowest BCUT2D eigenvalue weighted by molar-refractivity contribution is -0.136. The first-order chi connectivity index (χ1) is 13.1. The van der Waals surface area contributed by atoms with E-state index in [2.05, 4.69) is 10.6 Å². The average molecular weight is 367 g/mol. The predicted molar refractivity (Wildman–Crippen MR) is 97.4 cm³/mol. The zero-order valence-corrected chi connectivity index (χ0v) is 14.7. The van der Waals surface area contributed by atoms with Gasteiger partial charge in [0.1, 0.15) is 17.5 Å². The molecule has 138 valence electrons. The van der Waals surface area contributed by atoms with Gasteiger partial charge >= 0.3 is 0 Å². The third kappa shape index (κ3) is 2.89. The highest BCUT2D eigenvalue weighted by molar-refractivity contribution is 5.80. The Labute approximate surface area is 155 Å². The van der Waals surface area contributed by atoms with E-state index in [1.165, 1.54) is 25.0 Å². The van der Waals surface area contributed by atoms with E-state index in [9.17, 15) is 13.6 Å². The third-order valence-corrected chi connectivity index (χ3v) is 5.50. The number of imidazole rings is 1. The topological polar surface area (TPSA) is 38.1 Å². The largest absolute Gasteiger partial charge is 0.338 e. The predicted octanol–water partition coefficient (Wildman–Crippen LogP) is 3.82. The second-order valence-electron chi connectivity index (χ2n) is 7.47. The molecule has 0 atom stereocenters. The summed E-state index contributed by atoms with van der Waals surface area (Å²) in [6, 6.07) is 11.7. The van der Waals surface area contributed by atoms with Crippen LogP contribution in [0.25, 0.3) is 11.0 Å². The number of carbonyl (C=O) groups excluding carboxylic acids is 1. The highest BCUT2D eigenvalue weighted by Gasteiger charge is 2.37. The molecule has 0 unspecified atom stereocenters. The second-order valence-corrected chi connectivity index (χ2v) is 7.47. The summed E-state index contributed by atoms with van der Waals surface area (Å²) in [4.78, 5) is 19.0. The molecule has 27 heavy (non-hydrogen) atoms. The number of fused-ring (bicyclic) bond motifs is 1. The van der Waals surface area contributed by atoms with Gasteiger partial charge in [-0.2, -0.15) is 0 Å². The van der Waals surface area contributed by atoms with Crippen LogP contribution in [0.5, 0.6) is 0 Å². The number of likely N-dealkylation sites (tertiary alicyclic amines) is 1. The minimum Gasteiger partial charge on any atom is -0.338 e. The standard InChI is InChI=1S/C21H19F2N3O/c22-15-8-7-14(17(23)10-15)9-20(27)25-11-16(12-25)26-19-4-2-1-3-18(19)24-21(26)13-5-6-13/h1-4,7-8,10,13,16H,5-6,9,11-12H2. The lowest BCUT2D eigenvalue weighted by Crippen LogP contribution is -2.51. The molecule has 5 rings (SSSR count). The normalized spacial score (nSPS) is 17.3. The lowest BCUT2D eigenvalue weighted by atomic mass is 10.0. The summed E-state index contributed by atoms with van der Waals surface area (Å²) in [5.41, 5.74) is 2.34. The average Bonchev–Trinajstić information content (AvgIpc) is 3.38. The molecule has 1 amide bonds. The number of benzene rings is 2. The summed E-state index contributed by atoms with van der Waals surface area (Å²) in [5, 5.41) is 0. The number of hydrogen-bond donors (Lipinski definition) is 0. The van der Waals surface area contributed by atoms with Crippen molar-refractivity contribution in [3.05, 3.63) is 65.5 Å². The summed E-state index contributed by atoms with van der Waals surface area (Å²) in [5.74, 6) is 0.215. The van der Waals surface area contributed by atoms with Gasteiger partial charge in [0.25, 0.3) is 0 Å². The van der Waals surface area contributed by atoms with E-state index < -0.39 is 11.6 Å². The van der Waals surface area contributed by atoms with Crippen LogP contribution >= 0.6 is 0 Å². The third-order valence-electron chi connectivity index (χ3n) is 5.50. The SMILES string of the molecule is O=C(Cc1ccc(F)cc1F)N1CC(n2c(C3CC3)nc3ccccc32)C1. The lowest BCUT2D eigenvalue weighted by Gasteiger charge is -2.41. The molecule has 2 fully saturated rings. The number of amides is 1. The number of carbonyl (C=O) groups is 1. The van der Waals surface area contributed by atoms with Gasteiger partial charge in [0.05, 0.1) is 23.5 Å². The Morgan fingerprint density at radius 2 is 1.89 bits per heavy atom. The zero-order valence-electron chi connectivity index (χ0n) is 14.7. The van der Waals surface area contributed by atoms with E-state index in [1.807, 2.05) is 18.2 Å². The zero-order chi connectivity index (χ0) is 18.5. The Morgan fingerprint density at radius 1 is 1.11 bits per heavy atom. The molecular formula is C21H19F2N3O.